The lowest BCUT2D eigenvalue weighted by atomic mass is 10.3. The van der Waals surface area contributed by atoms with Gasteiger partial charge < -0.3 is 16.8 Å². The first-order valence-electron chi connectivity index (χ1n) is 7.08. The van der Waals surface area contributed by atoms with Crippen molar-refractivity contribution in [2.75, 3.05) is 11.1 Å². The number of halogens is 1. The molecule has 24 heavy (non-hydrogen) atoms. The van der Waals surface area contributed by atoms with E-state index in [-0.39, 0.29) is 5.95 Å². The normalized spacial score (nSPS) is 11.7. The Morgan fingerprint density at radius 3 is 2.75 bits per heavy atom. The van der Waals surface area contributed by atoms with E-state index in [0.717, 1.165) is 21.2 Å². The number of rotatable bonds is 6. The minimum Gasteiger partial charge on any atom is -0.405 e. The Labute approximate surface area is 150 Å². The monoisotopic (exact) mass is 359 g/mol. The number of hydrogen-bond acceptors (Lipinski definition) is 6. The molecule has 0 amide bonds. The first kappa shape index (κ1) is 17.9. The van der Waals surface area contributed by atoms with Gasteiger partial charge in [-0.25, -0.2) is 4.98 Å². The van der Waals surface area contributed by atoms with E-state index in [2.05, 4.69) is 21.9 Å². The summed E-state index contributed by atoms with van der Waals surface area (Å²) in [5.41, 5.74) is 12.7. The Hall–Kier alpha value is -2.44. The zero-order valence-electron chi connectivity index (χ0n) is 13.2. The number of nitrogens with one attached hydrogen (secondary N) is 1. The number of nitrogen functional groups attached to an aromatic ring is 1. The Balaban J connectivity index is 2.20. The quantitative estimate of drug-likeness (QED) is 0.523. The average Bonchev–Trinajstić information content (AvgIpc) is 2.49. The van der Waals surface area contributed by atoms with Crippen LogP contribution in [0.1, 0.15) is 5.69 Å². The number of allylic oxidation sites excluding steroid dienone is 3. The van der Waals surface area contributed by atoms with Crippen LogP contribution in [0.3, 0.4) is 0 Å². The van der Waals surface area contributed by atoms with E-state index in [0.29, 0.717) is 10.8 Å². The first-order chi connectivity index (χ1) is 11.5. The van der Waals surface area contributed by atoms with E-state index < -0.39 is 0 Å². The van der Waals surface area contributed by atoms with Crippen LogP contribution in [0.25, 0.3) is 0 Å². The molecule has 124 valence electrons. The summed E-state index contributed by atoms with van der Waals surface area (Å²) in [5, 5.41) is 3.78. The molecule has 0 atom stereocenters. The molecule has 7 heteroatoms. The smallest absolute Gasteiger partial charge is 0.222 e. The van der Waals surface area contributed by atoms with Crippen LogP contribution in [0.4, 0.5) is 17.5 Å². The maximum Gasteiger partial charge on any atom is 0.222 e. The lowest BCUT2D eigenvalue weighted by Gasteiger charge is -2.10. The number of anilines is 3. The summed E-state index contributed by atoms with van der Waals surface area (Å²) < 4.78 is 0. The van der Waals surface area contributed by atoms with Crippen LogP contribution in [-0.4, -0.2) is 9.97 Å². The number of aryl methyl sites for hydroxylation is 1. The fourth-order valence-corrected chi connectivity index (χ4v) is 3.08. The van der Waals surface area contributed by atoms with Crippen LogP contribution < -0.4 is 16.8 Å². The van der Waals surface area contributed by atoms with Crippen molar-refractivity contribution >= 4 is 40.8 Å². The largest absolute Gasteiger partial charge is 0.405 e. The van der Waals surface area contributed by atoms with Gasteiger partial charge in [-0.15, -0.1) is 0 Å². The summed E-state index contributed by atoms with van der Waals surface area (Å²) in [6.45, 7) is 5.55. The van der Waals surface area contributed by atoms with Crippen molar-refractivity contribution in [3.8, 4) is 0 Å². The van der Waals surface area contributed by atoms with Crippen LogP contribution in [0.5, 0.6) is 0 Å². The summed E-state index contributed by atoms with van der Waals surface area (Å²) in [6, 6.07) is 7.48. The second kappa shape index (κ2) is 8.42. The SMILES string of the molecule is C=C/C=C(\C=C/N)Sc1ccc(Nc2cc(C)nc(N)n2)cc1Cl. The fraction of sp³-hybridized carbons (Fsp3) is 0.0588. The van der Waals surface area contributed by atoms with Gasteiger partial charge in [-0.2, -0.15) is 4.98 Å². The van der Waals surface area contributed by atoms with Crippen LogP contribution >= 0.6 is 23.4 Å². The second-order valence-electron chi connectivity index (χ2n) is 4.79. The van der Waals surface area contributed by atoms with Crippen molar-refractivity contribution < 1.29 is 0 Å². The Bertz CT molecular complexity index is 781. The van der Waals surface area contributed by atoms with E-state index in [1.165, 1.54) is 18.0 Å². The summed E-state index contributed by atoms with van der Waals surface area (Å²) in [4.78, 5) is 10.0. The summed E-state index contributed by atoms with van der Waals surface area (Å²) >= 11 is 7.88. The molecule has 2 aromatic rings. The molecule has 1 aromatic carbocycles. The molecule has 0 bridgehead atoms. The predicted octanol–water partition coefficient (Wildman–Crippen LogP) is 4.40. The second-order valence-corrected chi connectivity index (χ2v) is 6.31. The molecule has 0 radical (unpaired) electrons. The zero-order chi connectivity index (χ0) is 17.5. The highest BCUT2D eigenvalue weighted by Crippen LogP contribution is 2.35. The van der Waals surface area contributed by atoms with Gasteiger partial charge in [0.25, 0.3) is 0 Å². The maximum absolute atomic E-state index is 6.38. The van der Waals surface area contributed by atoms with Crippen LogP contribution in [-0.2, 0) is 0 Å². The van der Waals surface area contributed by atoms with E-state index in [9.17, 15) is 0 Å². The van der Waals surface area contributed by atoms with Crippen molar-refractivity contribution in [1.29, 1.82) is 0 Å². The highest BCUT2D eigenvalue weighted by Gasteiger charge is 2.06. The molecule has 5 N–H and O–H groups in total. The van der Waals surface area contributed by atoms with E-state index in [1.54, 1.807) is 12.2 Å². The van der Waals surface area contributed by atoms with Crippen molar-refractivity contribution in [3.05, 3.63) is 70.9 Å². The molecule has 0 aliphatic rings. The summed E-state index contributed by atoms with van der Waals surface area (Å²) in [6.07, 6.45) is 6.84. The molecule has 0 fully saturated rings. The van der Waals surface area contributed by atoms with Gasteiger partial charge in [0.1, 0.15) is 5.82 Å². The molecule has 1 heterocycles. The lowest BCUT2D eigenvalue weighted by molar-refractivity contribution is 1.12. The van der Waals surface area contributed by atoms with Gasteiger partial charge in [-0.3, -0.25) is 0 Å². The topological polar surface area (TPSA) is 89.8 Å². The molecule has 0 aliphatic heterocycles. The molecular weight excluding hydrogens is 342 g/mol. The van der Waals surface area contributed by atoms with Crippen LogP contribution in [0, 0.1) is 6.92 Å². The van der Waals surface area contributed by atoms with Gasteiger partial charge in [-0.1, -0.05) is 36.0 Å². The first-order valence-corrected chi connectivity index (χ1v) is 8.28. The van der Waals surface area contributed by atoms with Crippen molar-refractivity contribution in [2.24, 2.45) is 5.73 Å². The zero-order valence-corrected chi connectivity index (χ0v) is 14.7. The minimum absolute atomic E-state index is 0.226. The molecule has 0 spiro atoms. The molecule has 0 saturated carbocycles. The van der Waals surface area contributed by atoms with E-state index >= 15 is 0 Å². The Kier molecular flexibility index (Phi) is 6.28. The lowest BCUT2D eigenvalue weighted by Crippen LogP contribution is -2.01. The van der Waals surface area contributed by atoms with Gasteiger partial charge >= 0.3 is 0 Å². The van der Waals surface area contributed by atoms with E-state index in [4.69, 9.17) is 23.1 Å². The maximum atomic E-state index is 6.38. The summed E-state index contributed by atoms with van der Waals surface area (Å²) in [7, 11) is 0. The molecule has 1 aromatic heterocycles. The Morgan fingerprint density at radius 1 is 1.33 bits per heavy atom. The van der Waals surface area contributed by atoms with Crippen LogP contribution in [0.15, 0.2) is 65.1 Å². The van der Waals surface area contributed by atoms with Gasteiger partial charge in [0.2, 0.25) is 5.95 Å². The number of aromatic nitrogens is 2. The van der Waals surface area contributed by atoms with Crippen molar-refractivity contribution in [1.82, 2.24) is 9.97 Å². The Morgan fingerprint density at radius 2 is 2.12 bits per heavy atom. The standard InChI is InChI=1S/C17H18ClN5S/c1-3-4-13(7-8-19)24-15-6-5-12(10-14(15)18)22-16-9-11(2)21-17(20)23-16/h3-10H,1,19H2,2H3,(H3,20,21,22,23)/b8-7-,13-4+. The number of thioether (sulfide) groups is 1. The van der Waals surface area contributed by atoms with E-state index in [1.807, 2.05) is 37.3 Å². The van der Waals surface area contributed by atoms with Gasteiger partial charge in [0.05, 0.1) is 5.02 Å². The highest BCUT2D eigenvalue weighted by molar-refractivity contribution is 8.03. The van der Waals surface area contributed by atoms with Gasteiger partial charge in [0, 0.05) is 27.2 Å². The predicted molar refractivity (Wildman–Crippen MR) is 103 cm³/mol. The minimum atomic E-state index is 0.226. The molecule has 0 aliphatic carbocycles. The van der Waals surface area contributed by atoms with Crippen molar-refractivity contribution in [2.45, 2.75) is 11.8 Å². The molecule has 5 nitrogen and oxygen atoms in total. The number of nitrogens with zero attached hydrogens (tertiary/aromatic N) is 2. The summed E-state index contributed by atoms with van der Waals surface area (Å²) in [5.74, 6) is 0.846. The molecular formula is C17H18ClN5S. The number of nitrogens with two attached hydrogens (primary N) is 2. The third-order valence-corrected chi connectivity index (χ3v) is 4.35. The fourth-order valence-electron chi connectivity index (χ4n) is 1.93. The number of hydrogen-bond donors (Lipinski definition) is 3. The molecule has 0 unspecified atom stereocenters. The highest BCUT2D eigenvalue weighted by atomic mass is 35.5. The van der Waals surface area contributed by atoms with Crippen LogP contribution in [0.2, 0.25) is 5.02 Å². The van der Waals surface area contributed by atoms with Crippen molar-refractivity contribution in [3.63, 3.8) is 0 Å². The molecule has 2 rings (SSSR count). The van der Waals surface area contributed by atoms with Gasteiger partial charge in [-0.05, 0) is 43.5 Å². The van der Waals surface area contributed by atoms with Gasteiger partial charge in [0.15, 0.2) is 0 Å². The number of benzene rings is 1. The third-order valence-electron chi connectivity index (χ3n) is 2.85. The molecule has 0 saturated heterocycles. The average molecular weight is 360 g/mol. The third kappa shape index (κ3) is 5.04.